The molecule has 0 aliphatic heterocycles. The van der Waals surface area contributed by atoms with Gasteiger partial charge in [0.25, 0.3) is 5.89 Å². The van der Waals surface area contributed by atoms with Gasteiger partial charge in [0.05, 0.1) is 11.8 Å². The topological polar surface area (TPSA) is 52.1 Å². The fraction of sp³-hybridized carbons (Fsp3) is 0.250. The summed E-state index contributed by atoms with van der Waals surface area (Å²) in [7, 11) is 0. The van der Waals surface area contributed by atoms with Crippen molar-refractivity contribution in [2.75, 3.05) is 5.88 Å². The summed E-state index contributed by atoms with van der Waals surface area (Å²) < 4.78 is 10.2. The molecule has 0 saturated heterocycles. The summed E-state index contributed by atoms with van der Waals surface area (Å²) in [5, 5.41) is 7.66. The smallest absolute Gasteiger partial charge is 0.250 e. The monoisotopic (exact) mass is 198 g/mol. The van der Waals surface area contributed by atoms with Crippen LogP contribution in [-0.4, -0.2) is 16.1 Å². The highest BCUT2D eigenvalue weighted by Crippen LogP contribution is 2.17. The average Bonchev–Trinajstić information content (AvgIpc) is 2.70. The van der Waals surface area contributed by atoms with Crippen LogP contribution in [0.1, 0.15) is 5.89 Å². The van der Waals surface area contributed by atoms with Crippen LogP contribution < -0.4 is 0 Å². The van der Waals surface area contributed by atoms with Crippen molar-refractivity contribution in [2.45, 2.75) is 6.42 Å². The number of furan rings is 1. The van der Waals surface area contributed by atoms with E-state index in [0.717, 1.165) is 5.56 Å². The number of aryl methyl sites for hydroxylation is 1. The Bertz CT molecular complexity index is 369. The van der Waals surface area contributed by atoms with E-state index in [1.807, 2.05) is 0 Å². The lowest BCUT2D eigenvalue weighted by atomic mass is 10.3. The van der Waals surface area contributed by atoms with Gasteiger partial charge in [-0.25, -0.2) is 0 Å². The van der Waals surface area contributed by atoms with E-state index in [0.29, 0.717) is 24.1 Å². The minimum atomic E-state index is 0.467. The Morgan fingerprint density at radius 3 is 3.00 bits per heavy atom. The third kappa shape index (κ3) is 1.72. The van der Waals surface area contributed by atoms with E-state index < -0.39 is 0 Å². The first-order chi connectivity index (χ1) is 6.40. The molecule has 5 heteroatoms. The predicted octanol–water partition coefficient (Wildman–Crippen LogP) is 2.11. The Hall–Kier alpha value is -1.29. The van der Waals surface area contributed by atoms with Crippen LogP contribution in [0.5, 0.6) is 0 Å². The van der Waals surface area contributed by atoms with Gasteiger partial charge in [0, 0.05) is 12.3 Å². The number of halogens is 1. The first kappa shape index (κ1) is 8.31. The molecule has 2 aromatic heterocycles. The maximum Gasteiger partial charge on any atom is 0.250 e. The molecule has 4 nitrogen and oxygen atoms in total. The molecule has 0 bridgehead atoms. The third-order valence-corrected chi connectivity index (χ3v) is 1.73. The second-order valence-electron chi connectivity index (χ2n) is 2.45. The van der Waals surface area contributed by atoms with Gasteiger partial charge in [0.15, 0.2) is 0 Å². The molecule has 0 saturated carbocycles. The zero-order chi connectivity index (χ0) is 9.10. The molecule has 0 spiro atoms. The van der Waals surface area contributed by atoms with Crippen LogP contribution in [0, 0.1) is 0 Å². The molecular formula is C8H7ClN2O2. The van der Waals surface area contributed by atoms with Crippen molar-refractivity contribution in [3.63, 3.8) is 0 Å². The Kier molecular flexibility index (Phi) is 2.31. The number of alkyl halides is 1. The molecule has 2 heterocycles. The van der Waals surface area contributed by atoms with Crippen molar-refractivity contribution < 1.29 is 8.83 Å². The van der Waals surface area contributed by atoms with Gasteiger partial charge < -0.3 is 8.83 Å². The molecule has 0 amide bonds. The summed E-state index contributed by atoms with van der Waals surface area (Å²) in [6.07, 6.45) is 3.70. The largest absolute Gasteiger partial charge is 0.472 e. The summed E-state index contributed by atoms with van der Waals surface area (Å²) in [4.78, 5) is 0. The van der Waals surface area contributed by atoms with Crippen molar-refractivity contribution in [2.24, 2.45) is 0 Å². The lowest BCUT2D eigenvalue weighted by Gasteiger charge is -1.85. The maximum absolute atomic E-state index is 5.52. The highest BCUT2D eigenvalue weighted by Gasteiger charge is 2.08. The molecule has 2 rings (SSSR count). The zero-order valence-corrected chi connectivity index (χ0v) is 7.49. The summed E-state index contributed by atoms with van der Waals surface area (Å²) in [6.45, 7) is 0. The number of aromatic nitrogens is 2. The van der Waals surface area contributed by atoms with Crippen LogP contribution >= 0.6 is 11.6 Å². The quantitative estimate of drug-likeness (QED) is 0.709. The van der Waals surface area contributed by atoms with E-state index in [1.54, 1.807) is 18.6 Å². The summed E-state index contributed by atoms with van der Waals surface area (Å²) in [5.74, 6) is 1.49. The normalized spacial score (nSPS) is 10.5. The molecular weight excluding hydrogens is 192 g/mol. The average molecular weight is 199 g/mol. The molecule has 0 fully saturated rings. The molecule has 0 aliphatic carbocycles. The SMILES string of the molecule is ClCCc1nnc(-c2ccoc2)o1. The molecule has 0 atom stereocenters. The van der Waals surface area contributed by atoms with Crippen molar-refractivity contribution in [1.82, 2.24) is 10.2 Å². The maximum atomic E-state index is 5.52. The van der Waals surface area contributed by atoms with E-state index in [1.165, 1.54) is 0 Å². The Labute approximate surface area is 79.5 Å². The van der Waals surface area contributed by atoms with Crippen LogP contribution in [0.25, 0.3) is 11.5 Å². The highest BCUT2D eigenvalue weighted by atomic mass is 35.5. The third-order valence-electron chi connectivity index (χ3n) is 1.54. The minimum Gasteiger partial charge on any atom is -0.472 e. The van der Waals surface area contributed by atoms with Crippen LogP contribution in [0.4, 0.5) is 0 Å². The molecule has 0 radical (unpaired) electrons. The van der Waals surface area contributed by atoms with E-state index >= 15 is 0 Å². The number of hydrogen-bond donors (Lipinski definition) is 0. The highest BCUT2D eigenvalue weighted by molar-refractivity contribution is 6.17. The Morgan fingerprint density at radius 1 is 1.38 bits per heavy atom. The van der Waals surface area contributed by atoms with Gasteiger partial charge in [0.1, 0.15) is 6.26 Å². The van der Waals surface area contributed by atoms with Crippen molar-refractivity contribution in [1.29, 1.82) is 0 Å². The van der Waals surface area contributed by atoms with E-state index in [9.17, 15) is 0 Å². The molecule has 68 valence electrons. The predicted molar refractivity (Wildman–Crippen MR) is 46.4 cm³/mol. The lowest BCUT2D eigenvalue weighted by molar-refractivity contribution is 0.511. The van der Waals surface area contributed by atoms with Gasteiger partial charge in [-0.05, 0) is 6.07 Å². The van der Waals surface area contributed by atoms with Gasteiger partial charge in [-0.15, -0.1) is 21.8 Å². The Morgan fingerprint density at radius 2 is 2.31 bits per heavy atom. The molecule has 0 aliphatic rings. The van der Waals surface area contributed by atoms with Crippen molar-refractivity contribution >= 4 is 11.6 Å². The van der Waals surface area contributed by atoms with Gasteiger partial charge in [-0.2, -0.15) is 0 Å². The van der Waals surface area contributed by atoms with E-state index in [-0.39, 0.29) is 0 Å². The Balaban J connectivity index is 2.23. The van der Waals surface area contributed by atoms with Gasteiger partial charge in [0.2, 0.25) is 5.89 Å². The van der Waals surface area contributed by atoms with Crippen LogP contribution in [0.2, 0.25) is 0 Å². The summed E-state index contributed by atoms with van der Waals surface area (Å²) >= 11 is 5.52. The van der Waals surface area contributed by atoms with E-state index in [4.69, 9.17) is 20.4 Å². The zero-order valence-electron chi connectivity index (χ0n) is 6.74. The standard InChI is InChI=1S/C8H7ClN2O2/c9-3-1-7-10-11-8(13-7)6-2-4-12-5-6/h2,4-5H,1,3H2. The number of rotatable bonds is 3. The molecule has 0 N–H and O–H groups in total. The minimum absolute atomic E-state index is 0.467. The van der Waals surface area contributed by atoms with Gasteiger partial charge >= 0.3 is 0 Å². The second kappa shape index (κ2) is 3.62. The fourth-order valence-electron chi connectivity index (χ4n) is 0.938. The van der Waals surface area contributed by atoms with Crippen molar-refractivity contribution in [3.8, 4) is 11.5 Å². The molecule has 13 heavy (non-hydrogen) atoms. The van der Waals surface area contributed by atoms with Crippen molar-refractivity contribution in [3.05, 3.63) is 24.5 Å². The van der Waals surface area contributed by atoms with Gasteiger partial charge in [-0.1, -0.05) is 0 Å². The van der Waals surface area contributed by atoms with Gasteiger partial charge in [-0.3, -0.25) is 0 Å². The van der Waals surface area contributed by atoms with E-state index in [2.05, 4.69) is 10.2 Å². The molecule has 0 unspecified atom stereocenters. The molecule has 2 aromatic rings. The first-order valence-electron chi connectivity index (χ1n) is 3.81. The molecule has 0 aromatic carbocycles. The van der Waals surface area contributed by atoms with Crippen LogP contribution in [0.3, 0.4) is 0 Å². The summed E-state index contributed by atoms with van der Waals surface area (Å²) in [5.41, 5.74) is 0.785. The first-order valence-corrected chi connectivity index (χ1v) is 4.34. The summed E-state index contributed by atoms with van der Waals surface area (Å²) in [6, 6.07) is 1.76. The second-order valence-corrected chi connectivity index (χ2v) is 2.83. The van der Waals surface area contributed by atoms with Crippen LogP contribution in [0.15, 0.2) is 27.4 Å². The lowest BCUT2D eigenvalue weighted by Crippen LogP contribution is -1.84. The number of hydrogen-bond acceptors (Lipinski definition) is 4. The number of nitrogens with zero attached hydrogens (tertiary/aromatic N) is 2. The van der Waals surface area contributed by atoms with Crippen LogP contribution in [-0.2, 0) is 6.42 Å². The fourth-order valence-corrected chi connectivity index (χ4v) is 1.10.